The van der Waals surface area contributed by atoms with Gasteiger partial charge in [0.15, 0.2) is 6.10 Å². The van der Waals surface area contributed by atoms with Crippen molar-refractivity contribution < 1.29 is 9.53 Å². The summed E-state index contributed by atoms with van der Waals surface area (Å²) in [5, 5.41) is 9.31. The van der Waals surface area contributed by atoms with Gasteiger partial charge in [-0.05, 0) is 60.9 Å². The van der Waals surface area contributed by atoms with Crippen LogP contribution in [0.15, 0.2) is 85.3 Å². The molecule has 3 N–H and O–H groups in total. The normalized spacial score (nSPS) is 14.5. The fraction of sp³-hybridized carbons (Fsp3) is 0.120. The third kappa shape index (κ3) is 5.07. The zero-order valence-corrected chi connectivity index (χ0v) is 17.7. The van der Waals surface area contributed by atoms with Gasteiger partial charge in [0, 0.05) is 23.6 Å². The lowest BCUT2D eigenvalue weighted by Crippen LogP contribution is -2.35. The number of anilines is 5. The summed E-state index contributed by atoms with van der Waals surface area (Å²) in [5.41, 5.74) is 2.67. The summed E-state index contributed by atoms with van der Waals surface area (Å²) in [7, 11) is 0. The number of para-hydroxylation sites is 1. The van der Waals surface area contributed by atoms with Crippen molar-refractivity contribution in [3.63, 3.8) is 0 Å². The van der Waals surface area contributed by atoms with Crippen LogP contribution in [0.5, 0.6) is 5.75 Å². The minimum absolute atomic E-state index is 0.147. The lowest BCUT2D eigenvalue weighted by Gasteiger charge is -2.25. The minimum atomic E-state index is -0.497. The standard InChI is InChI=1S/C25H22N6O2/c32-25(21-13-8-17-5-1-2-6-20(17)33-21)30-19-11-9-18(10-12-19)29-23-15-24(28-16-27-23)31-22-7-3-4-14-26-22/h1-7,9-12,14-16,21H,8,13H2,(H,30,32)(H2,26,27,28,29,31). The number of nitrogens with zero attached hydrogens (tertiary/aromatic N) is 3. The summed E-state index contributed by atoms with van der Waals surface area (Å²) in [6.07, 6.45) is 4.18. The van der Waals surface area contributed by atoms with Crippen molar-refractivity contribution in [1.29, 1.82) is 0 Å². The zero-order valence-electron chi connectivity index (χ0n) is 17.7. The number of nitrogens with one attached hydrogen (secondary N) is 3. The lowest BCUT2D eigenvalue weighted by atomic mass is 10.0. The first kappa shape index (κ1) is 20.4. The van der Waals surface area contributed by atoms with Gasteiger partial charge >= 0.3 is 0 Å². The van der Waals surface area contributed by atoms with Gasteiger partial charge in [-0.3, -0.25) is 4.79 Å². The van der Waals surface area contributed by atoms with E-state index in [1.54, 1.807) is 12.3 Å². The number of carbonyl (C=O) groups is 1. The Balaban J connectivity index is 1.19. The molecule has 8 nitrogen and oxygen atoms in total. The smallest absolute Gasteiger partial charge is 0.265 e. The number of amides is 1. The largest absolute Gasteiger partial charge is 0.480 e. The van der Waals surface area contributed by atoms with E-state index in [2.05, 4.69) is 30.9 Å². The molecule has 0 saturated carbocycles. The molecule has 8 heteroatoms. The summed E-state index contributed by atoms with van der Waals surface area (Å²) in [6, 6.07) is 22.7. The predicted octanol–water partition coefficient (Wildman–Crippen LogP) is 4.69. The fourth-order valence-electron chi connectivity index (χ4n) is 3.58. The van der Waals surface area contributed by atoms with E-state index in [4.69, 9.17) is 4.74 Å². The molecule has 0 fully saturated rings. The molecule has 1 unspecified atom stereocenters. The van der Waals surface area contributed by atoms with Crippen molar-refractivity contribution in [2.75, 3.05) is 16.0 Å². The Hall–Kier alpha value is -4.46. The Bertz CT molecular complexity index is 1250. The number of pyridine rings is 1. The maximum absolute atomic E-state index is 12.7. The van der Waals surface area contributed by atoms with E-state index >= 15 is 0 Å². The number of rotatable bonds is 6. The van der Waals surface area contributed by atoms with Crippen LogP contribution in [0.4, 0.5) is 28.8 Å². The number of hydrogen-bond donors (Lipinski definition) is 3. The monoisotopic (exact) mass is 438 g/mol. The molecule has 1 aliphatic rings. The van der Waals surface area contributed by atoms with E-state index in [0.717, 1.165) is 23.4 Å². The first-order valence-electron chi connectivity index (χ1n) is 10.7. The molecule has 1 aliphatic heterocycles. The third-order valence-corrected chi connectivity index (χ3v) is 5.22. The highest BCUT2D eigenvalue weighted by atomic mass is 16.5. The van der Waals surface area contributed by atoms with Crippen LogP contribution in [0.25, 0.3) is 0 Å². The molecule has 2 aromatic heterocycles. The number of aromatic nitrogens is 3. The molecule has 2 aromatic carbocycles. The van der Waals surface area contributed by atoms with Gasteiger partial charge < -0.3 is 20.7 Å². The Kier molecular flexibility index (Phi) is 5.79. The molecule has 0 bridgehead atoms. The van der Waals surface area contributed by atoms with Gasteiger partial charge in [-0.25, -0.2) is 15.0 Å². The fourth-order valence-corrected chi connectivity index (χ4v) is 3.58. The molecule has 4 aromatic rings. The first-order valence-corrected chi connectivity index (χ1v) is 10.7. The first-order chi connectivity index (χ1) is 16.2. The van der Waals surface area contributed by atoms with Gasteiger partial charge in [0.1, 0.15) is 29.5 Å². The summed E-state index contributed by atoms with van der Waals surface area (Å²) in [6.45, 7) is 0. The average Bonchev–Trinajstić information content (AvgIpc) is 2.86. The van der Waals surface area contributed by atoms with Crippen LogP contribution in [0.3, 0.4) is 0 Å². The highest BCUT2D eigenvalue weighted by molar-refractivity contribution is 5.94. The molecule has 164 valence electrons. The van der Waals surface area contributed by atoms with Crippen LogP contribution < -0.4 is 20.7 Å². The van der Waals surface area contributed by atoms with Gasteiger partial charge in [0.05, 0.1) is 0 Å². The van der Waals surface area contributed by atoms with Crippen molar-refractivity contribution in [2.24, 2.45) is 0 Å². The molecular weight excluding hydrogens is 416 g/mol. The van der Waals surface area contributed by atoms with Gasteiger partial charge in [-0.15, -0.1) is 0 Å². The summed E-state index contributed by atoms with van der Waals surface area (Å²) in [5.74, 6) is 2.60. The van der Waals surface area contributed by atoms with Crippen LogP contribution in [0, 0.1) is 0 Å². The van der Waals surface area contributed by atoms with E-state index in [1.165, 1.54) is 6.33 Å². The van der Waals surface area contributed by atoms with Gasteiger partial charge in [0.25, 0.3) is 5.91 Å². The number of fused-ring (bicyclic) bond motifs is 1. The summed E-state index contributed by atoms with van der Waals surface area (Å²) in [4.78, 5) is 25.4. The van der Waals surface area contributed by atoms with Gasteiger partial charge in [0.2, 0.25) is 0 Å². The van der Waals surface area contributed by atoms with Crippen LogP contribution >= 0.6 is 0 Å². The molecule has 1 atom stereocenters. The van der Waals surface area contributed by atoms with Crippen molar-refractivity contribution in [3.05, 3.63) is 90.9 Å². The Morgan fingerprint density at radius 3 is 2.39 bits per heavy atom. The molecule has 0 spiro atoms. The van der Waals surface area contributed by atoms with Crippen molar-refractivity contribution in [1.82, 2.24) is 15.0 Å². The highest BCUT2D eigenvalue weighted by Crippen LogP contribution is 2.28. The topological polar surface area (TPSA) is 101 Å². The number of ether oxygens (including phenoxy) is 1. The molecule has 0 aliphatic carbocycles. The summed E-state index contributed by atoms with van der Waals surface area (Å²) >= 11 is 0. The summed E-state index contributed by atoms with van der Waals surface area (Å²) < 4.78 is 5.87. The molecule has 0 saturated heterocycles. The van der Waals surface area contributed by atoms with E-state index in [0.29, 0.717) is 29.6 Å². The zero-order chi connectivity index (χ0) is 22.5. The Morgan fingerprint density at radius 1 is 0.818 bits per heavy atom. The van der Waals surface area contributed by atoms with Gasteiger partial charge in [-0.2, -0.15) is 0 Å². The number of hydrogen-bond acceptors (Lipinski definition) is 7. The van der Waals surface area contributed by atoms with Crippen molar-refractivity contribution in [3.8, 4) is 5.75 Å². The minimum Gasteiger partial charge on any atom is -0.480 e. The average molecular weight is 438 g/mol. The second kappa shape index (κ2) is 9.35. The number of carbonyl (C=O) groups excluding carboxylic acids is 1. The highest BCUT2D eigenvalue weighted by Gasteiger charge is 2.25. The number of aryl methyl sites for hydroxylation is 1. The Morgan fingerprint density at radius 2 is 1.58 bits per heavy atom. The second-order valence-corrected chi connectivity index (χ2v) is 7.57. The van der Waals surface area contributed by atoms with Crippen LogP contribution in [-0.4, -0.2) is 27.0 Å². The SMILES string of the molecule is O=C(Nc1ccc(Nc2cc(Nc3ccccn3)ncn2)cc1)C1CCc2ccccc2O1. The van der Waals surface area contributed by atoms with Gasteiger partial charge in [-0.1, -0.05) is 24.3 Å². The second-order valence-electron chi connectivity index (χ2n) is 7.57. The van der Waals surface area contributed by atoms with Crippen LogP contribution in [-0.2, 0) is 11.2 Å². The molecule has 1 amide bonds. The molecule has 0 radical (unpaired) electrons. The maximum atomic E-state index is 12.7. The lowest BCUT2D eigenvalue weighted by molar-refractivity contribution is -0.123. The molecular formula is C25H22N6O2. The van der Waals surface area contributed by atoms with Crippen molar-refractivity contribution in [2.45, 2.75) is 18.9 Å². The van der Waals surface area contributed by atoms with E-state index < -0.39 is 6.10 Å². The van der Waals surface area contributed by atoms with E-state index in [9.17, 15) is 4.79 Å². The third-order valence-electron chi connectivity index (χ3n) is 5.22. The van der Waals surface area contributed by atoms with Crippen LogP contribution in [0.1, 0.15) is 12.0 Å². The molecule has 33 heavy (non-hydrogen) atoms. The van der Waals surface area contributed by atoms with Crippen LogP contribution in [0.2, 0.25) is 0 Å². The van der Waals surface area contributed by atoms with Crippen molar-refractivity contribution >= 4 is 34.7 Å². The number of benzene rings is 2. The van der Waals surface area contributed by atoms with E-state index in [-0.39, 0.29) is 5.91 Å². The van der Waals surface area contributed by atoms with E-state index in [1.807, 2.05) is 66.7 Å². The maximum Gasteiger partial charge on any atom is 0.265 e. The quantitative estimate of drug-likeness (QED) is 0.401. The molecule has 5 rings (SSSR count). The molecule has 3 heterocycles. The Labute approximate surface area is 191 Å². The predicted molar refractivity (Wildman–Crippen MR) is 127 cm³/mol.